The van der Waals surface area contributed by atoms with Crippen molar-refractivity contribution in [1.82, 2.24) is 4.72 Å². The van der Waals surface area contributed by atoms with Crippen LogP contribution in [-0.4, -0.2) is 22.1 Å². The molecule has 6 heteroatoms. The average molecular weight is 366 g/mol. The highest BCUT2D eigenvalue weighted by atomic mass is 32.2. The molecule has 130 valence electrons. The van der Waals surface area contributed by atoms with E-state index in [4.69, 9.17) is 4.74 Å². The van der Waals surface area contributed by atoms with E-state index in [0.29, 0.717) is 22.8 Å². The van der Waals surface area contributed by atoms with E-state index in [0.717, 1.165) is 25.7 Å². The normalized spacial score (nSPS) is 17.1. The average Bonchev–Trinajstić information content (AvgIpc) is 3.24. The lowest BCUT2D eigenvalue weighted by Gasteiger charge is -2.28. The van der Waals surface area contributed by atoms with Gasteiger partial charge in [-0.15, -0.1) is 0 Å². The van der Waals surface area contributed by atoms with Gasteiger partial charge >= 0.3 is 0 Å². The number of nitrogens with one attached hydrogen (secondary N) is 1. The molecule has 0 amide bonds. The van der Waals surface area contributed by atoms with Gasteiger partial charge in [-0.3, -0.25) is 0 Å². The highest BCUT2D eigenvalue weighted by Crippen LogP contribution is 2.41. The van der Waals surface area contributed by atoms with Crippen LogP contribution in [-0.2, 0) is 15.4 Å². The second kappa shape index (κ2) is 6.86. The Morgan fingerprint density at radius 2 is 2.00 bits per heavy atom. The minimum absolute atomic E-state index is 0.0621. The van der Waals surface area contributed by atoms with Crippen LogP contribution in [0.25, 0.3) is 0 Å². The molecule has 0 bridgehead atoms. The number of hydrogen-bond donors (Lipinski definition) is 1. The lowest BCUT2D eigenvalue weighted by atomic mass is 9.81. The van der Waals surface area contributed by atoms with Gasteiger partial charge in [0.2, 0.25) is 10.0 Å². The van der Waals surface area contributed by atoms with E-state index in [2.05, 4.69) is 21.5 Å². The Morgan fingerprint density at radius 1 is 1.25 bits per heavy atom. The van der Waals surface area contributed by atoms with E-state index in [1.165, 1.54) is 5.56 Å². The van der Waals surface area contributed by atoms with Crippen molar-refractivity contribution >= 4 is 21.4 Å². The van der Waals surface area contributed by atoms with Crippen LogP contribution in [0.1, 0.15) is 36.8 Å². The first-order chi connectivity index (χ1) is 11.5. The number of ether oxygens (including phenoxy) is 1. The summed E-state index contributed by atoms with van der Waals surface area (Å²) in [5.41, 5.74) is 1.89. The van der Waals surface area contributed by atoms with Crippen LogP contribution in [0, 0.1) is 6.92 Å². The van der Waals surface area contributed by atoms with E-state index in [-0.39, 0.29) is 5.41 Å². The zero-order chi connectivity index (χ0) is 17.2. The summed E-state index contributed by atoms with van der Waals surface area (Å²) >= 11 is 1.67. The van der Waals surface area contributed by atoms with E-state index in [1.807, 2.05) is 0 Å². The molecule has 1 N–H and O–H groups in total. The summed E-state index contributed by atoms with van der Waals surface area (Å²) in [5, 5.41) is 4.22. The highest BCUT2D eigenvalue weighted by Gasteiger charge is 2.37. The Bertz CT molecular complexity index is 792. The fourth-order valence-corrected chi connectivity index (χ4v) is 5.68. The summed E-state index contributed by atoms with van der Waals surface area (Å²) in [6.45, 7) is 2.25. The third kappa shape index (κ3) is 3.36. The Morgan fingerprint density at radius 3 is 2.58 bits per heavy atom. The molecule has 3 rings (SSSR count). The largest absolute Gasteiger partial charge is 0.497 e. The second-order valence-corrected chi connectivity index (χ2v) is 8.97. The van der Waals surface area contributed by atoms with E-state index in [9.17, 15) is 8.42 Å². The van der Waals surface area contributed by atoms with Crippen molar-refractivity contribution in [3.63, 3.8) is 0 Å². The van der Waals surface area contributed by atoms with Gasteiger partial charge in [0.05, 0.1) is 12.0 Å². The molecular formula is C18H23NO3S2. The molecule has 4 nitrogen and oxygen atoms in total. The molecule has 0 radical (unpaired) electrons. The van der Waals surface area contributed by atoms with E-state index in [1.54, 1.807) is 43.6 Å². The van der Waals surface area contributed by atoms with Gasteiger partial charge in [-0.2, -0.15) is 11.3 Å². The van der Waals surface area contributed by atoms with Gasteiger partial charge < -0.3 is 4.74 Å². The summed E-state index contributed by atoms with van der Waals surface area (Å²) in [6, 6.07) is 7.18. The van der Waals surface area contributed by atoms with Crippen LogP contribution in [0.4, 0.5) is 0 Å². The number of aryl methyl sites for hydroxylation is 1. The molecule has 2 aromatic rings. The van der Waals surface area contributed by atoms with E-state index < -0.39 is 10.0 Å². The summed E-state index contributed by atoms with van der Waals surface area (Å²) in [4.78, 5) is 0.321. The standard InChI is InChI=1S/C18H23NO3S2/c1-14-11-16(22-2)5-6-17(14)24(20,21)19-13-18(8-3-4-9-18)15-7-10-23-12-15/h5-7,10-12,19H,3-4,8-9,13H2,1-2H3. The summed E-state index contributed by atoms with van der Waals surface area (Å²) in [6.07, 6.45) is 4.37. The lowest BCUT2D eigenvalue weighted by molar-refractivity contribution is 0.414. The molecule has 0 atom stereocenters. The molecule has 1 heterocycles. The third-order valence-corrected chi connectivity index (χ3v) is 7.21. The van der Waals surface area contributed by atoms with Crippen LogP contribution < -0.4 is 9.46 Å². The molecular weight excluding hydrogens is 342 g/mol. The molecule has 1 aliphatic carbocycles. The molecule has 1 fully saturated rings. The lowest BCUT2D eigenvalue weighted by Crippen LogP contribution is -2.38. The number of hydrogen-bond acceptors (Lipinski definition) is 4. The van der Waals surface area contributed by atoms with Crippen molar-refractivity contribution in [3.8, 4) is 5.75 Å². The predicted molar refractivity (Wildman–Crippen MR) is 97.4 cm³/mol. The molecule has 0 aliphatic heterocycles. The summed E-state index contributed by atoms with van der Waals surface area (Å²) < 4.78 is 33.6. The Hall–Kier alpha value is -1.37. The maximum absolute atomic E-state index is 12.8. The minimum Gasteiger partial charge on any atom is -0.497 e. The molecule has 1 aromatic carbocycles. The van der Waals surface area contributed by atoms with Gasteiger partial charge in [0.25, 0.3) is 0 Å². The number of methoxy groups -OCH3 is 1. The fourth-order valence-electron chi connectivity index (χ4n) is 3.55. The highest BCUT2D eigenvalue weighted by molar-refractivity contribution is 7.89. The van der Waals surface area contributed by atoms with Gasteiger partial charge in [-0.1, -0.05) is 12.8 Å². The number of sulfonamides is 1. The first-order valence-corrected chi connectivity index (χ1v) is 10.6. The third-order valence-electron chi connectivity index (χ3n) is 4.97. The Labute approximate surface area is 147 Å². The van der Waals surface area contributed by atoms with Crippen LogP contribution >= 0.6 is 11.3 Å². The van der Waals surface area contributed by atoms with Crippen molar-refractivity contribution in [2.45, 2.75) is 42.9 Å². The van der Waals surface area contributed by atoms with Crippen molar-refractivity contribution in [1.29, 1.82) is 0 Å². The molecule has 1 aromatic heterocycles. The van der Waals surface area contributed by atoms with Crippen molar-refractivity contribution in [3.05, 3.63) is 46.2 Å². The van der Waals surface area contributed by atoms with Crippen LogP contribution in [0.2, 0.25) is 0 Å². The summed E-state index contributed by atoms with van der Waals surface area (Å²) in [5.74, 6) is 0.664. The number of thiophene rings is 1. The van der Waals surface area contributed by atoms with Crippen LogP contribution in [0.3, 0.4) is 0 Å². The maximum Gasteiger partial charge on any atom is 0.240 e. The smallest absolute Gasteiger partial charge is 0.240 e. The number of rotatable bonds is 6. The first kappa shape index (κ1) is 17.5. The Kier molecular flexibility index (Phi) is 4.99. The van der Waals surface area contributed by atoms with Crippen LogP contribution in [0.5, 0.6) is 5.75 Å². The summed E-state index contributed by atoms with van der Waals surface area (Å²) in [7, 11) is -1.96. The van der Waals surface area contributed by atoms with Gasteiger partial charge in [0.1, 0.15) is 5.75 Å². The van der Waals surface area contributed by atoms with Gasteiger partial charge in [0.15, 0.2) is 0 Å². The molecule has 1 aliphatic rings. The zero-order valence-electron chi connectivity index (χ0n) is 14.0. The van der Waals surface area contributed by atoms with Gasteiger partial charge in [-0.05, 0) is 65.9 Å². The SMILES string of the molecule is COc1ccc(S(=O)(=O)NCC2(c3ccsc3)CCCC2)c(C)c1. The molecule has 0 unspecified atom stereocenters. The quantitative estimate of drug-likeness (QED) is 0.846. The fraction of sp³-hybridized carbons (Fsp3) is 0.444. The van der Waals surface area contributed by atoms with Crippen molar-refractivity contribution < 1.29 is 13.2 Å². The monoisotopic (exact) mass is 365 g/mol. The molecule has 0 spiro atoms. The molecule has 24 heavy (non-hydrogen) atoms. The van der Waals surface area contributed by atoms with Gasteiger partial charge in [0, 0.05) is 12.0 Å². The predicted octanol–water partition coefficient (Wildman–Crippen LogP) is 3.86. The van der Waals surface area contributed by atoms with Gasteiger partial charge in [-0.25, -0.2) is 13.1 Å². The topological polar surface area (TPSA) is 55.4 Å². The van der Waals surface area contributed by atoms with Crippen LogP contribution in [0.15, 0.2) is 39.9 Å². The first-order valence-electron chi connectivity index (χ1n) is 8.14. The minimum atomic E-state index is -3.53. The zero-order valence-corrected chi connectivity index (χ0v) is 15.7. The molecule has 0 saturated heterocycles. The van der Waals surface area contributed by atoms with Crippen molar-refractivity contribution in [2.24, 2.45) is 0 Å². The van der Waals surface area contributed by atoms with Crippen molar-refractivity contribution in [2.75, 3.05) is 13.7 Å². The second-order valence-electron chi connectivity index (χ2n) is 6.46. The number of benzene rings is 1. The Balaban J connectivity index is 1.82. The maximum atomic E-state index is 12.8. The van der Waals surface area contributed by atoms with E-state index >= 15 is 0 Å². The molecule has 1 saturated carbocycles.